The van der Waals surface area contributed by atoms with Crippen LogP contribution in [-0.2, 0) is 0 Å². The van der Waals surface area contributed by atoms with Gasteiger partial charge in [-0.1, -0.05) is 0 Å². The molecule has 0 N–H and O–H groups in total. The lowest BCUT2D eigenvalue weighted by Gasteiger charge is -2.11. The van der Waals surface area contributed by atoms with Gasteiger partial charge in [0.15, 0.2) is 0 Å². The van der Waals surface area contributed by atoms with Gasteiger partial charge in [-0.3, -0.25) is 10.1 Å². The quantitative estimate of drug-likeness (QED) is 0.347. The number of nitrogens with zero attached hydrogens (tertiary/aromatic N) is 2. The van der Waals surface area contributed by atoms with Crippen LogP contribution in [0.1, 0.15) is 12.0 Å². The van der Waals surface area contributed by atoms with E-state index in [1.54, 1.807) is 0 Å². The van der Waals surface area contributed by atoms with Gasteiger partial charge in [0.25, 0.3) is 12.1 Å². The molecule has 1 rings (SSSR count). The monoisotopic (exact) mass is 384 g/mol. The van der Waals surface area contributed by atoms with Crippen LogP contribution in [0.4, 0.5) is 27.6 Å². The third kappa shape index (κ3) is 3.36. The Balaban J connectivity index is 3.35. The standard InChI is InChI=1S/C7H2F5IN2O3/c8-5(9)3-2(15(16)17)1-14-6(4(3)13)18-7(10,11)12/h1,5H. The zero-order valence-electron chi connectivity index (χ0n) is 8.04. The zero-order chi connectivity index (χ0) is 14.1. The lowest BCUT2D eigenvalue weighted by atomic mass is 10.2. The van der Waals surface area contributed by atoms with Crippen molar-refractivity contribution < 1.29 is 31.6 Å². The molecule has 0 saturated heterocycles. The molecule has 0 atom stereocenters. The maximum atomic E-state index is 12.6. The van der Waals surface area contributed by atoms with Crippen molar-refractivity contribution in [3.8, 4) is 5.88 Å². The molecule has 0 aliphatic carbocycles. The second-order valence-corrected chi connectivity index (χ2v) is 3.86. The number of rotatable bonds is 3. The van der Waals surface area contributed by atoms with Gasteiger partial charge in [0, 0.05) is 0 Å². The van der Waals surface area contributed by atoms with E-state index in [0.717, 1.165) is 22.6 Å². The Morgan fingerprint density at radius 1 is 1.44 bits per heavy atom. The first-order valence-electron chi connectivity index (χ1n) is 4.00. The van der Waals surface area contributed by atoms with Crippen LogP contribution < -0.4 is 4.74 Å². The average Bonchev–Trinajstić information content (AvgIpc) is 2.17. The van der Waals surface area contributed by atoms with E-state index >= 15 is 0 Å². The Bertz CT molecular complexity index is 479. The summed E-state index contributed by atoms with van der Waals surface area (Å²) in [7, 11) is 0. The van der Waals surface area contributed by atoms with Gasteiger partial charge in [-0.2, -0.15) is 0 Å². The molecule has 0 aliphatic heterocycles. The van der Waals surface area contributed by atoms with E-state index in [1.807, 2.05) is 0 Å². The predicted molar refractivity (Wildman–Crippen MR) is 55.2 cm³/mol. The molecule has 0 bridgehead atoms. The topological polar surface area (TPSA) is 65.3 Å². The number of aromatic nitrogens is 1. The van der Waals surface area contributed by atoms with Crippen LogP contribution in [0, 0.1) is 13.7 Å². The minimum atomic E-state index is -5.12. The third-order valence-electron chi connectivity index (χ3n) is 1.63. The summed E-state index contributed by atoms with van der Waals surface area (Å²) < 4.78 is 63.6. The molecule has 5 nitrogen and oxygen atoms in total. The van der Waals surface area contributed by atoms with Crippen molar-refractivity contribution in [3.05, 3.63) is 25.4 Å². The smallest absolute Gasteiger partial charge is 0.387 e. The highest BCUT2D eigenvalue weighted by molar-refractivity contribution is 14.1. The second kappa shape index (κ2) is 5.16. The Morgan fingerprint density at radius 2 is 2.00 bits per heavy atom. The van der Waals surface area contributed by atoms with Crippen molar-refractivity contribution >= 4 is 28.3 Å². The van der Waals surface area contributed by atoms with E-state index in [4.69, 9.17) is 0 Å². The molecule has 0 aromatic carbocycles. The average molecular weight is 384 g/mol. The van der Waals surface area contributed by atoms with Crippen molar-refractivity contribution in [1.29, 1.82) is 0 Å². The highest BCUT2D eigenvalue weighted by Gasteiger charge is 2.36. The van der Waals surface area contributed by atoms with Crippen LogP contribution in [-0.4, -0.2) is 16.3 Å². The van der Waals surface area contributed by atoms with Crippen LogP contribution in [0.5, 0.6) is 5.88 Å². The summed E-state index contributed by atoms with van der Waals surface area (Å²) in [4.78, 5) is 12.3. The third-order valence-corrected chi connectivity index (χ3v) is 2.67. The molecule has 1 aromatic heterocycles. The maximum Gasteiger partial charge on any atom is 0.574 e. The molecule has 0 radical (unpaired) electrons. The summed E-state index contributed by atoms with van der Waals surface area (Å²) in [6.45, 7) is 0. The molecule has 0 amide bonds. The zero-order valence-corrected chi connectivity index (χ0v) is 10.2. The van der Waals surface area contributed by atoms with Gasteiger partial charge in [-0.05, 0) is 22.6 Å². The molecule has 11 heteroatoms. The van der Waals surface area contributed by atoms with E-state index in [2.05, 4.69) is 9.72 Å². The summed E-state index contributed by atoms with van der Waals surface area (Å²) in [6, 6.07) is 0. The van der Waals surface area contributed by atoms with Crippen molar-refractivity contribution in [2.24, 2.45) is 0 Å². The number of hydrogen-bond donors (Lipinski definition) is 0. The lowest BCUT2D eigenvalue weighted by molar-refractivity contribution is -0.386. The summed E-state index contributed by atoms with van der Waals surface area (Å²) in [5, 5.41) is 10.4. The number of halogens is 6. The largest absolute Gasteiger partial charge is 0.574 e. The van der Waals surface area contributed by atoms with Gasteiger partial charge in [0.05, 0.1) is 8.49 Å². The SMILES string of the molecule is O=[N+]([O-])c1cnc(OC(F)(F)F)c(I)c1C(F)F. The van der Waals surface area contributed by atoms with Crippen LogP contribution >= 0.6 is 22.6 Å². The van der Waals surface area contributed by atoms with Crippen LogP contribution in [0.2, 0.25) is 0 Å². The molecule has 1 aromatic rings. The van der Waals surface area contributed by atoms with E-state index in [-0.39, 0.29) is 0 Å². The highest BCUT2D eigenvalue weighted by atomic mass is 127. The normalized spacial score (nSPS) is 11.7. The van der Waals surface area contributed by atoms with Gasteiger partial charge >= 0.3 is 6.36 Å². The number of alkyl halides is 5. The van der Waals surface area contributed by atoms with Gasteiger partial charge < -0.3 is 4.74 Å². The van der Waals surface area contributed by atoms with Gasteiger partial charge in [-0.25, -0.2) is 13.8 Å². The van der Waals surface area contributed by atoms with Crippen molar-refractivity contribution in [1.82, 2.24) is 4.98 Å². The lowest BCUT2D eigenvalue weighted by Crippen LogP contribution is -2.19. The fourth-order valence-electron chi connectivity index (χ4n) is 1.01. The van der Waals surface area contributed by atoms with Crippen molar-refractivity contribution in [2.75, 3.05) is 0 Å². The van der Waals surface area contributed by atoms with Crippen LogP contribution in [0.25, 0.3) is 0 Å². The second-order valence-electron chi connectivity index (χ2n) is 2.78. The van der Waals surface area contributed by atoms with Gasteiger partial charge in [0.2, 0.25) is 5.88 Å². The Hall–Kier alpha value is -1.27. The predicted octanol–water partition coefficient (Wildman–Crippen LogP) is 3.43. The van der Waals surface area contributed by atoms with Gasteiger partial charge in [0.1, 0.15) is 11.8 Å². The fraction of sp³-hybridized carbons (Fsp3) is 0.286. The summed E-state index contributed by atoms with van der Waals surface area (Å²) in [6.07, 6.45) is -8.15. The first-order chi connectivity index (χ1) is 8.13. The molecular weight excluding hydrogens is 382 g/mol. The van der Waals surface area contributed by atoms with Crippen molar-refractivity contribution in [3.63, 3.8) is 0 Å². The number of pyridine rings is 1. The van der Waals surface area contributed by atoms with Crippen LogP contribution in [0.3, 0.4) is 0 Å². The molecule has 100 valence electrons. The molecule has 0 unspecified atom stereocenters. The Morgan fingerprint density at radius 3 is 2.39 bits per heavy atom. The number of nitro groups is 1. The minimum Gasteiger partial charge on any atom is -0.387 e. The molecule has 0 spiro atoms. The molecule has 0 saturated carbocycles. The van der Waals surface area contributed by atoms with E-state index in [0.29, 0.717) is 6.20 Å². The molecule has 0 aliphatic rings. The number of hydrogen-bond acceptors (Lipinski definition) is 4. The number of ether oxygens (including phenoxy) is 1. The molecule has 1 heterocycles. The Labute approximate surface area is 109 Å². The first kappa shape index (κ1) is 14.8. The summed E-state index contributed by atoms with van der Waals surface area (Å²) >= 11 is 1.08. The van der Waals surface area contributed by atoms with Crippen molar-refractivity contribution in [2.45, 2.75) is 12.8 Å². The van der Waals surface area contributed by atoms with E-state index in [1.165, 1.54) is 0 Å². The molecular formula is C7H2F5IN2O3. The summed E-state index contributed by atoms with van der Waals surface area (Å²) in [5.41, 5.74) is -2.22. The van der Waals surface area contributed by atoms with E-state index in [9.17, 15) is 32.1 Å². The maximum absolute atomic E-state index is 12.6. The van der Waals surface area contributed by atoms with Crippen LogP contribution in [0.15, 0.2) is 6.20 Å². The van der Waals surface area contributed by atoms with Gasteiger partial charge in [-0.15, -0.1) is 13.2 Å². The first-order valence-corrected chi connectivity index (χ1v) is 5.08. The fourth-order valence-corrected chi connectivity index (χ4v) is 1.77. The highest BCUT2D eigenvalue weighted by Crippen LogP contribution is 2.37. The summed E-state index contributed by atoms with van der Waals surface area (Å²) in [5.74, 6) is -1.15. The van der Waals surface area contributed by atoms with E-state index < -0.39 is 38.4 Å². The molecule has 18 heavy (non-hydrogen) atoms. The minimum absolute atomic E-state index is 0.296. The Kier molecular flexibility index (Phi) is 4.24. The molecule has 0 fully saturated rings.